The summed E-state index contributed by atoms with van der Waals surface area (Å²) >= 11 is 0. The second kappa shape index (κ2) is 5.72. The van der Waals surface area contributed by atoms with E-state index in [1.165, 1.54) is 20.3 Å². The zero-order valence-electron chi connectivity index (χ0n) is 8.20. The van der Waals surface area contributed by atoms with Gasteiger partial charge in [-0.15, -0.1) is 0 Å². The van der Waals surface area contributed by atoms with Crippen LogP contribution in [0.3, 0.4) is 0 Å². The number of carbonyl (C=O) groups is 1. The van der Waals surface area contributed by atoms with E-state index in [-0.39, 0.29) is 6.42 Å². The second-order valence-corrected chi connectivity index (χ2v) is 2.26. The van der Waals surface area contributed by atoms with Crippen LogP contribution in [0.2, 0.25) is 0 Å². The van der Waals surface area contributed by atoms with E-state index < -0.39 is 11.9 Å². The standard InChI is InChI=1S/C9H15O4/c1-5-7-8(10)13-9(6-2,11-3)12-4/h5,7H,2,6H2,1,3-4H3. The van der Waals surface area contributed by atoms with E-state index in [1.54, 1.807) is 13.0 Å². The van der Waals surface area contributed by atoms with E-state index in [9.17, 15) is 4.79 Å². The first-order valence-corrected chi connectivity index (χ1v) is 3.89. The zero-order chi connectivity index (χ0) is 10.3. The van der Waals surface area contributed by atoms with E-state index in [0.29, 0.717) is 0 Å². The maximum Gasteiger partial charge on any atom is 0.334 e. The van der Waals surface area contributed by atoms with Crippen LogP contribution >= 0.6 is 0 Å². The van der Waals surface area contributed by atoms with Crippen molar-refractivity contribution in [1.82, 2.24) is 0 Å². The quantitative estimate of drug-likeness (QED) is 0.369. The molecule has 0 aromatic rings. The highest BCUT2D eigenvalue weighted by Gasteiger charge is 2.31. The van der Waals surface area contributed by atoms with Gasteiger partial charge in [0.2, 0.25) is 0 Å². The molecule has 0 saturated carbocycles. The Morgan fingerprint density at radius 3 is 2.31 bits per heavy atom. The molecule has 0 atom stereocenters. The van der Waals surface area contributed by atoms with Crippen LogP contribution in [0.15, 0.2) is 12.2 Å². The van der Waals surface area contributed by atoms with Crippen molar-refractivity contribution < 1.29 is 19.0 Å². The lowest BCUT2D eigenvalue weighted by Gasteiger charge is -2.27. The van der Waals surface area contributed by atoms with E-state index in [4.69, 9.17) is 14.2 Å². The molecule has 0 spiro atoms. The van der Waals surface area contributed by atoms with Crippen molar-refractivity contribution >= 4 is 5.97 Å². The Morgan fingerprint density at radius 1 is 1.46 bits per heavy atom. The van der Waals surface area contributed by atoms with Gasteiger partial charge in [-0.3, -0.25) is 0 Å². The van der Waals surface area contributed by atoms with Crippen LogP contribution in [-0.2, 0) is 19.0 Å². The number of allylic oxidation sites excluding steroid dienone is 1. The number of hydrogen-bond donors (Lipinski definition) is 0. The molecule has 0 aliphatic carbocycles. The van der Waals surface area contributed by atoms with Crippen LogP contribution in [0.4, 0.5) is 0 Å². The molecule has 0 aromatic carbocycles. The van der Waals surface area contributed by atoms with E-state index in [0.717, 1.165) is 0 Å². The smallest absolute Gasteiger partial charge is 0.334 e. The lowest BCUT2D eigenvalue weighted by atomic mass is 10.4. The molecule has 13 heavy (non-hydrogen) atoms. The number of methoxy groups -OCH3 is 2. The highest BCUT2D eigenvalue weighted by Crippen LogP contribution is 2.17. The van der Waals surface area contributed by atoms with Gasteiger partial charge in [-0.05, 0) is 13.8 Å². The van der Waals surface area contributed by atoms with E-state index >= 15 is 0 Å². The average Bonchev–Trinajstić information content (AvgIpc) is 2.15. The van der Waals surface area contributed by atoms with E-state index in [1.807, 2.05) is 0 Å². The van der Waals surface area contributed by atoms with Crippen LogP contribution in [0.25, 0.3) is 0 Å². The number of carbonyl (C=O) groups excluding carboxylic acids is 1. The summed E-state index contributed by atoms with van der Waals surface area (Å²) < 4.78 is 14.7. The minimum atomic E-state index is -1.36. The van der Waals surface area contributed by atoms with Crippen molar-refractivity contribution in [2.24, 2.45) is 0 Å². The molecule has 0 saturated heterocycles. The van der Waals surface area contributed by atoms with Crippen molar-refractivity contribution in [3.63, 3.8) is 0 Å². The van der Waals surface area contributed by atoms with Gasteiger partial charge in [0, 0.05) is 26.7 Å². The number of ether oxygens (including phenoxy) is 3. The fourth-order valence-corrected chi connectivity index (χ4v) is 0.745. The molecule has 0 N–H and O–H groups in total. The Morgan fingerprint density at radius 2 is 2.00 bits per heavy atom. The maximum atomic E-state index is 11.0. The van der Waals surface area contributed by atoms with Gasteiger partial charge in [-0.1, -0.05) is 6.08 Å². The van der Waals surface area contributed by atoms with Crippen molar-refractivity contribution in [2.45, 2.75) is 19.3 Å². The molecule has 0 unspecified atom stereocenters. The molecule has 0 rings (SSSR count). The Hall–Kier alpha value is -0.870. The lowest BCUT2D eigenvalue weighted by molar-refractivity contribution is -0.340. The SMILES string of the molecule is [CH2]CC(OC)(OC)OC(=O)C=CC. The highest BCUT2D eigenvalue weighted by molar-refractivity contribution is 5.82. The topological polar surface area (TPSA) is 44.8 Å². The van der Waals surface area contributed by atoms with Crippen LogP contribution < -0.4 is 0 Å². The molecule has 0 heterocycles. The molecule has 0 aliphatic heterocycles. The van der Waals surface area contributed by atoms with Gasteiger partial charge in [-0.2, -0.15) is 0 Å². The van der Waals surface area contributed by atoms with Crippen LogP contribution in [-0.4, -0.2) is 26.2 Å². The first-order chi connectivity index (χ1) is 6.14. The molecule has 0 fully saturated rings. The van der Waals surface area contributed by atoms with Gasteiger partial charge in [0.25, 0.3) is 0 Å². The first kappa shape index (κ1) is 12.1. The normalized spacial score (nSPS) is 12.0. The van der Waals surface area contributed by atoms with Gasteiger partial charge < -0.3 is 14.2 Å². The predicted octanol–water partition coefficient (Wildman–Crippen LogP) is 1.28. The fraction of sp³-hybridized carbons (Fsp3) is 0.556. The van der Waals surface area contributed by atoms with E-state index in [2.05, 4.69) is 6.92 Å². The molecule has 0 bridgehead atoms. The third-order valence-corrected chi connectivity index (χ3v) is 1.49. The molecule has 75 valence electrons. The zero-order valence-corrected chi connectivity index (χ0v) is 8.20. The van der Waals surface area contributed by atoms with Gasteiger partial charge >= 0.3 is 11.9 Å². The number of rotatable bonds is 5. The van der Waals surface area contributed by atoms with Crippen LogP contribution in [0, 0.1) is 6.92 Å². The molecule has 0 amide bonds. The summed E-state index contributed by atoms with van der Waals surface area (Å²) in [5.41, 5.74) is 0. The molecular weight excluding hydrogens is 172 g/mol. The summed E-state index contributed by atoms with van der Waals surface area (Å²) in [4.78, 5) is 11.0. The summed E-state index contributed by atoms with van der Waals surface area (Å²) in [6.07, 6.45) is 3.03. The first-order valence-electron chi connectivity index (χ1n) is 3.89. The van der Waals surface area contributed by atoms with Crippen molar-refractivity contribution in [3.05, 3.63) is 19.1 Å². The Kier molecular flexibility index (Phi) is 5.34. The lowest BCUT2D eigenvalue weighted by Crippen LogP contribution is -2.38. The number of hydrogen-bond acceptors (Lipinski definition) is 4. The molecule has 0 aromatic heterocycles. The van der Waals surface area contributed by atoms with Gasteiger partial charge in [0.1, 0.15) is 0 Å². The molecule has 1 radical (unpaired) electrons. The Labute approximate surface area is 78.5 Å². The third kappa shape index (κ3) is 3.57. The highest BCUT2D eigenvalue weighted by atomic mass is 16.9. The summed E-state index contributed by atoms with van der Waals surface area (Å²) in [5.74, 6) is -1.88. The van der Waals surface area contributed by atoms with Crippen LogP contribution in [0.1, 0.15) is 13.3 Å². The minimum absolute atomic E-state index is 0.184. The Balaban J connectivity index is 4.32. The third-order valence-electron chi connectivity index (χ3n) is 1.49. The van der Waals surface area contributed by atoms with Gasteiger partial charge in [0.15, 0.2) is 0 Å². The molecule has 4 heteroatoms. The maximum absolute atomic E-state index is 11.0. The van der Waals surface area contributed by atoms with Crippen molar-refractivity contribution in [3.8, 4) is 0 Å². The number of esters is 1. The molecular formula is C9H15O4. The van der Waals surface area contributed by atoms with Crippen molar-refractivity contribution in [1.29, 1.82) is 0 Å². The van der Waals surface area contributed by atoms with Crippen molar-refractivity contribution in [2.75, 3.05) is 14.2 Å². The Bertz CT molecular complexity index is 174. The molecule has 4 nitrogen and oxygen atoms in total. The van der Waals surface area contributed by atoms with Crippen LogP contribution in [0.5, 0.6) is 0 Å². The largest absolute Gasteiger partial charge is 0.405 e. The minimum Gasteiger partial charge on any atom is -0.405 e. The van der Waals surface area contributed by atoms with Gasteiger partial charge in [0.05, 0.1) is 0 Å². The monoisotopic (exact) mass is 187 g/mol. The molecule has 0 aliphatic rings. The second-order valence-electron chi connectivity index (χ2n) is 2.26. The summed E-state index contributed by atoms with van der Waals surface area (Å²) in [6.45, 7) is 5.28. The van der Waals surface area contributed by atoms with Gasteiger partial charge in [-0.25, -0.2) is 4.79 Å². The summed E-state index contributed by atoms with van der Waals surface area (Å²) in [7, 11) is 2.77. The predicted molar refractivity (Wildman–Crippen MR) is 47.6 cm³/mol. The summed E-state index contributed by atoms with van der Waals surface area (Å²) in [5, 5.41) is 0. The average molecular weight is 187 g/mol. The fourth-order valence-electron chi connectivity index (χ4n) is 0.745. The summed E-state index contributed by atoms with van der Waals surface area (Å²) in [6, 6.07) is 0.